The Balaban J connectivity index is 0.756. The Morgan fingerprint density at radius 1 is 0.882 bits per heavy atom. The molecule has 8 rings (SSSR count). The van der Waals surface area contributed by atoms with Crippen LogP contribution in [0.15, 0.2) is 71.8 Å². The molecular formula is C50H59ClN8O8S. The molecule has 0 aliphatic carbocycles. The molecule has 3 saturated heterocycles. The molecular weight excluding hydrogens is 908 g/mol. The van der Waals surface area contributed by atoms with Gasteiger partial charge in [-0.2, -0.15) is 0 Å². The van der Waals surface area contributed by atoms with E-state index in [0.717, 1.165) is 80.2 Å². The Morgan fingerprint density at radius 3 is 2.38 bits per heavy atom. The number of hydrogen-bond donors (Lipinski definition) is 2. The van der Waals surface area contributed by atoms with E-state index in [4.69, 9.17) is 21.3 Å². The van der Waals surface area contributed by atoms with Gasteiger partial charge in [0.1, 0.15) is 17.6 Å². The number of methoxy groups -OCH3 is 1. The average molecular weight is 968 g/mol. The van der Waals surface area contributed by atoms with Crippen LogP contribution in [0.1, 0.15) is 109 Å². The molecule has 1 atom stereocenters. The Bertz CT molecular complexity index is 2680. The predicted octanol–water partition coefficient (Wildman–Crippen LogP) is 5.69. The van der Waals surface area contributed by atoms with Gasteiger partial charge in [0.05, 0.1) is 39.1 Å². The molecule has 3 aromatic carbocycles. The van der Waals surface area contributed by atoms with Crippen molar-refractivity contribution >= 4 is 62.3 Å². The molecule has 0 spiro atoms. The molecule has 18 heteroatoms. The number of anilines is 2. The molecule has 5 amide bonds. The molecule has 68 heavy (non-hydrogen) atoms. The molecule has 0 saturated carbocycles. The van der Waals surface area contributed by atoms with E-state index in [-0.39, 0.29) is 41.2 Å². The number of carbonyl (C=O) groups excluding carboxylic acids is 5. The number of unbranched alkanes of at least 4 members (excludes halogenated alkanes) is 2. The van der Waals surface area contributed by atoms with Gasteiger partial charge in [0.25, 0.3) is 11.8 Å². The van der Waals surface area contributed by atoms with Crippen LogP contribution in [0, 0.1) is 0 Å². The normalized spacial score (nSPS) is 18.3. The van der Waals surface area contributed by atoms with Crippen LogP contribution < -0.4 is 20.3 Å². The summed E-state index contributed by atoms with van der Waals surface area (Å²) in [4.78, 5) is 81.2. The van der Waals surface area contributed by atoms with Crippen molar-refractivity contribution in [2.24, 2.45) is 0 Å². The van der Waals surface area contributed by atoms with Crippen LogP contribution in [0.4, 0.5) is 11.4 Å². The maximum Gasteiger partial charge on any atom is 0.264 e. The maximum atomic E-state index is 13.4. The fourth-order valence-electron chi connectivity index (χ4n) is 9.71. The minimum absolute atomic E-state index is 0.0649. The highest BCUT2D eigenvalue weighted by molar-refractivity contribution is 7.92. The first-order valence-corrected chi connectivity index (χ1v) is 25.5. The largest absolute Gasteiger partial charge is 0.496 e. The number of piperazine rings is 1. The van der Waals surface area contributed by atoms with Crippen molar-refractivity contribution in [3.63, 3.8) is 0 Å². The van der Waals surface area contributed by atoms with Crippen LogP contribution >= 0.6 is 11.6 Å². The number of aromatic nitrogens is 2. The van der Waals surface area contributed by atoms with Crippen LogP contribution in [-0.4, -0.2) is 133 Å². The standard InChI is InChI=1S/C50H59ClN8O8S/c1-32(2)68(65,66)43-13-7-6-10-34(43)28-40-38(51)31-53-44(54-40)29-33-15-16-36(30-42(33)67-3)56-22-19-35(20-23-56)57-24-26-58(27-25-57)46(61)14-5-4-8-21-52-39-12-9-11-37-47(39)50(64)59(49(37)63)41-17-18-45(60)55-48(41)62/h6-7,9-13,15-16,30-32,35,41,52H,4-5,8,14,17-29H2,1-3H3,(H,55,60,62). The van der Waals surface area contributed by atoms with Gasteiger partial charge in [0, 0.05) is 107 Å². The van der Waals surface area contributed by atoms with Crippen LogP contribution in [-0.2, 0) is 37.1 Å². The van der Waals surface area contributed by atoms with Gasteiger partial charge in [-0.1, -0.05) is 48.4 Å². The average Bonchev–Trinajstić information content (AvgIpc) is 3.59. The monoisotopic (exact) mass is 966 g/mol. The van der Waals surface area contributed by atoms with Crippen LogP contribution in [0.3, 0.4) is 0 Å². The molecule has 3 fully saturated rings. The van der Waals surface area contributed by atoms with E-state index in [1.807, 2.05) is 11.0 Å². The number of fused-ring (bicyclic) bond motifs is 1. The van der Waals surface area contributed by atoms with Gasteiger partial charge >= 0.3 is 0 Å². The summed E-state index contributed by atoms with van der Waals surface area (Å²) in [6.45, 7) is 8.84. The van der Waals surface area contributed by atoms with Crippen molar-refractivity contribution in [2.45, 2.75) is 100 Å². The molecule has 16 nitrogen and oxygen atoms in total. The van der Waals surface area contributed by atoms with Crippen LogP contribution in [0.25, 0.3) is 0 Å². The summed E-state index contributed by atoms with van der Waals surface area (Å²) in [5, 5.41) is 5.33. The minimum Gasteiger partial charge on any atom is -0.496 e. The number of nitrogens with one attached hydrogen (secondary N) is 2. The number of rotatable bonds is 17. The number of halogens is 1. The summed E-state index contributed by atoms with van der Waals surface area (Å²) in [5.41, 5.74) is 4.23. The molecule has 2 N–H and O–H groups in total. The predicted molar refractivity (Wildman–Crippen MR) is 258 cm³/mol. The van der Waals surface area contributed by atoms with Crippen molar-refractivity contribution in [3.8, 4) is 5.75 Å². The van der Waals surface area contributed by atoms with Gasteiger partial charge in [-0.3, -0.25) is 39.1 Å². The third-order valence-electron chi connectivity index (χ3n) is 13.6. The van der Waals surface area contributed by atoms with Crippen molar-refractivity contribution in [1.82, 2.24) is 30.0 Å². The lowest BCUT2D eigenvalue weighted by atomic mass is 10.0. The lowest BCUT2D eigenvalue weighted by Gasteiger charge is -2.43. The molecule has 360 valence electrons. The second-order valence-electron chi connectivity index (χ2n) is 18.2. The van der Waals surface area contributed by atoms with Crippen LogP contribution in [0.5, 0.6) is 5.75 Å². The first kappa shape index (κ1) is 48.5. The SMILES string of the molecule is COc1cc(N2CCC(N3CCN(C(=O)CCCCCNc4cccc5c4C(=O)N(C4CCC(=O)NC4=O)C5=O)CC3)CC2)ccc1Cc1ncc(Cl)c(Cc2ccccc2S(=O)(=O)C(C)C)n1. The summed E-state index contributed by atoms with van der Waals surface area (Å²) in [6.07, 6.45) is 7.26. The van der Waals surface area contributed by atoms with E-state index in [1.54, 1.807) is 63.6 Å². The highest BCUT2D eigenvalue weighted by Crippen LogP contribution is 2.34. The zero-order chi connectivity index (χ0) is 48.1. The number of nitrogens with zero attached hydrogens (tertiary/aromatic N) is 6. The quantitative estimate of drug-likeness (QED) is 0.0971. The molecule has 4 aliphatic rings. The molecule has 4 aromatic rings. The molecule has 1 unspecified atom stereocenters. The van der Waals surface area contributed by atoms with Gasteiger partial charge in [-0.15, -0.1) is 0 Å². The Kier molecular flexibility index (Phi) is 15.1. The van der Waals surface area contributed by atoms with Gasteiger partial charge in [0.15, 0.2) is 9.84 Å². The summed E-state index contributed by atoms with van der Waals surface area (Å²) in [6, 6.07) is 17.7. The maximum absolute atomic E-state index is 13.4. The van der Waals surface area contributed by atoms with E-state index in [2.05, 4.69) is 43.6 Å². The van der Waals surface area contributed by atoms with Crippen molar-refractivity contribution in [1.29, 1.82) is 0 Å². The number of benzene rings is 3. The number of amides is 5. The first-order valence-electron chi connectivity index (χ1n) is 23.6. The third kappa shape index (κ3) is 10.5. The number of sulfone groups is 1. The fraction of sp³-hybridized carbons (Fsp3) is 0.460. The number of carbonyl (C=O) groups is 5. The van der Waals surface area contributed by atoms with E-state index >= 15 is 0 Å². The lowest BCUT2D eigenvalue weighted by Crippen LogP contribution is -2.54. The number of hydrogen-bond acceptors (Lipinski definition) is 13. The first-order chi connectivity index (χ1) is 32.7. The second-order valence-corrected chi connectivity index (χ2v) is 21.1. The van der Waals surface area contributed by atoms with E-state index < -0.39 is 44.8 Å². The van der Waals surface area contributed by atoms with E-state index in [9.17, 15) is 32.4 Å². The molecule has 0 bridgehead atoms. The van der Waals surface area contributed by atoms with E-state index in [0.29, 0.717) is 66.3 Å². The second kappa shape index (κ2) is 21.2. The Hall–Kier alpha value is -5.91. The molecule has 1 aromatic heterocycles. The highest BCUT2D eigenvalue weighted by Gasteiger charge is 2.45. The Labute approximate surface area is 402 Å². The third-order valence-corrected chi connectivity index (χ3v) is 16.2. The van der Waals surface area contributed by atoms with Crippen LogP contribution in [0.2, 0.25) is 5.02 Å². The summed E-state index contributed by atoms with van der Waals surface area (Å²) >= 11 is 6.55. The summed E-state index contributed by atoms with van der Waals surface area (Å²) < 4.78 is 32.0. The molecule has 0 radical (unpaired) electrons. The van der Waals surface area contributed by atoms with Gasteiger partial charge in [0.2, 0.25) is 17.7 Å². The van der Waals surface area contributed by atoms with Gasteiger partial charge in [-0.25, -0.2) is 18.4 Å². The highest BCUT2D eigenvalue weighted by atomic mass is 35.5. The van der Waals surface area contributed by atoms with E-state index in [1.165, 1.54) is 0 Å². The smallest absolute Gasteiger partial charge is 0.264 e. The number of imide groups is 2. The summed E-state index contributed by atoms with van der Waals surface area (Å²) in [5.74, 6) is -0.654. The van der Waals surface area contributed by atoms with Crippen molar-refractivity contribution in [2.75, 3.05) is 63.1 Å². The number of piperidine rings is 2. The lowest BCUT2D eigenvalue weighted by molar-refractivity contribution is -0.136. The van der Waals surface area contributed by atoms with Crippen molar-refractivity contribution < 1.29 is 37.1 Å². The zero-order valence-electron chi connectivity index (χ0n) is 38.8. The fourth-order valence-corrected chi connectivity index (χ4v) is 11.1. The zero-order valence-corrected chi connectivity index (χ0v) is 40.4. The Morgan fingerprint density at radius 2 is 1.65 bits per heavy atom. The minimum atomic E-state index is -3.50. The van der Waals surface area contributed by atoms with Gasteiger partial charge < -0.3 is 19.9 Å². The number of ether oxygens (including phenoxy) is 1. The topological polar surface area (TPSA) is 192 Å². The van der Waals surface area contributed by atoms with Crippen molar-refractivity contribution in [3.05, 3.63) is 106 Å². The molecule has 5 heterocycles. The van der Waals surface area contributed by atoms with Gasteiger partial charge in [-0.05, 0) is 75.8 Å². The summed E-state index contributed by atoms with van der Waals surface area (Å²) in [7, 11) is -1.84. The molecule has 4 aliphatic heterocycles.